The van der Waals surface area contributed by atoms with Crippen LogP contribution in [0.1, 0.15) is 52.4 Å². The zero-order valence-corrected chi connectivity index (χ0v) is 14.9. The van der Waals surface area contributed by atoms with Crippen molar-refractivity contribution in [3.05, 3.63) is 23.3 Å². The molecular weight excluding hydrogens is 304 g/mol. The molecule has 0 spiro atoms. The fourth-order valence-electron chi connectivity index (χ4n) is 5.49. The van der Waals surface area contributed by atoms with Gasteiger partial charge in [0.05, 0.1) is 13.2 Å². The normalized spacial score (nSPS) is 39.1. The molecule has 0 unspecified atom stereocenters. The van der Waals surface area contributed by atoms with Gasteiger partial charge in [0.25, 0.3) is 0 Å². The van der Waals surface area contributed by atoms with Crippen LogP contribution in [0.2, 0.25) is 0 Å². The van der Waals surface area contributed by atoms with Crippen LogP contribution in [0.3, 0.4) is 0 Å². The number of aliphatic hydroxyl groups is 2. The third-order valence-electron chi connectivity index (χ3n) is 7.26. The zero-order valence-electron chi connectivity index (χ0n) is 14.9. The Morgan fingerprint density at radius 3 is 2.75 bits per heavy atom. The van der Waals surface area contributed by atoms with E-state index < -0.39 is 0 Å². The summed E-state index contributed by atoms with van der Waals surface area (Å²) in [6, 6.07) is 0. The lowest BCUT2D eigenvalue weighted by Gasteiger charge is -2.59. The van der Waals surface area contributed by atoms with Crippen LogP contribution in [0, 0.1) is 22.7 Å². The Bertz CT molecular complexity index is 564. The molecular formula is C20H30O4. The van der Waals surface area contributed by atoms with Crippen LogP contribution in [0.5, 0.6) is 0 Å². The molecule has 0 aromatic rings. The number of allylic oxidation sites excluding steroid dienone is 1. The van der Waals surface area contributed by atoms with Crippen molar-refractivity contribution < 1.29 is 19.7 Å². The zero-order chi connectivity index (χ0) is 17.4. The second-order valence-corrected chi connectivity index (χ2v) is 8.19. The first-order chi connectivity index (χ1) is 11.5. The van der Waals surface area contributed by atoms with Crippen molar-refractivity contribution in [1.29, 1.82) is 0 Å². The van der Waals surface area contributed by atoms with Gasteiger partial charge in [-0.25, -0.2) is 4.79 Å². The maximum absolute atomic E-state index is 11.3. The largest absolute Gasteiger partial charge is 0.458 e. The van der Waals surface area contributed by atoms with Crippen LogP contribution in [-0.2, 0) is 9.53 Å². The van der Waals surface area contributed by atoms with Crippen molar-refractivity contribution in [1.82, 2.24) is 0 Å². The number of fused-ring (bicyclic) bond motifs is 1. The minimum atomic E-state index is -0.259. The third kappa shape index (κ3) is 2.74. The SMILES string of the molecule is C[C@@H]1CC[C@@]2(CO)C(CO)=CCC[C@@H]2[C@@]1(C)CCC1=CC(=O)OC1. The quantitative estimate of drug-likeness (QED) is 0.599. The maximum atomic E-state index is 11.3. The molecule has 4 heteroatoms. The van der Waals surface area contributed by atoms with E-state index in [0.717, 1.165) is 49.7 Å². The average molecular weight is 334 g/mol. The lowest BCUT2D eigenvalue weighted by atomic mass is 9.46. The fourth-order valence-corrected chi connectivity index (χ4v) is 5.49. The van der Waals surface area contributed by atoms with Gasteiger partial charge < -0.3 is 14.9 Å². The topological polar surface area (TPSA) is 66.8 Å². The lowest BCUT2D eigenvalue weighted by Crippen LogP contribution is -2.53. The molecule has 0 amide bonds. The number of hydrogen-bond donors (Lipinski definition) is 2. The molecule has 3 aliphatic rings. The summed E-state index contributed by atoms with van der Waals surface area (Å²) in [6.45, 7) is 5.28. The van der Waals surface area contributed by atoms with Crippen molar-refractivity contribution in [3.8, 4) is 0 Å². The van der Waals surface area contributed by atoms with Gasteiger partial charge in [0.2, 0.25) is 0 Å². The maximum Gasteiger partial charge on any atom is 0.331 e. The first kappa shape index (κ1) is 17.7. The highest BCUT2D eigenvalue weighted by Crippen LogP contribution is 2.61. The molecule has 134 valence electrons. The van der Waals surface area contributed by atoms with Gasteiger partial charge in [-0.1, -0.05) is 19.9 Å². The van der Waals surface area contributed by atoms with E-state index in [2.05, 4.69) is 19.9 Å². The predicted molar refractivity (Wildman–Crippen MR) is 92.2 cm³/mol. The Hall–Kier alpha value is -1.13. The number of esters is 1. The summed E-state index contributed by atoms with van der Waals surface area (Å²) in [4.78, 5) is 11.3. The molecule has 4 atom stereocenters. The Morgan fingerprint density at radius 2 is 2.12 bits per heavy atom. The van der Waals surface area contributed by atoms with E-state index >= 15 is 0 Å². The molecule has 0 saturated heterocycles. The van der Waals surface area contributed by atoms with Gasteiger partial charge in [0, 0.05) is 11.5 Å². The van der Waals surface area contributed by atoms with Crippen LogP contribution in [-0.4, -0.2) is 36.0 Å². The number of carbonyl (C=O) groups is 1. The van der Waals surface area contributed by atoms with Crippen LogP contribution < -0.4 is 0 Å². The van der Waals surface area contributed by atoms with E-state index in [4.69, 9.17) is 4.74 Å². The van der Waals surface area contributed by atoms with E-state index in [1.807, 2.05) is 0 Å². The molecule has 0 radical (unpaired) electrons. The highest BCUT2D eigenvalue weighted by molar-refractivity contribution is 5.85. The fraction of sp³-hybridized carbons (Fsp3) is 0.750. The summed E-state index contributed by atoms with van der Waals surface area (Å²) in [6.07, 6.45) is 9.74. The first-order valence-corrected chi connectivity index (χ1v) is 9.23. The molecule has 0 aromatic carbocycles. The Kier molecular flexibility index (Phi) is 4.89. The Morgan fingerprint density at radius 1 is 1.33 bits per heavy atom. The summed E-state index contributed by atoms with van der Waals surface area (Å²) in [5.74, 6) is 0.725. The molecule has 1 fully saturated rings. The molecule has 1 heterocycles. The van der Waals surface area contributed by atoms with Gasteiger partial charge >= 0.3 is 5.97 Å². The van der Waals surface area contributed by atoms with Crippen molar-refractivity contribution in [2.45, 2.75) is 52.4 Å². The minimum Gasteiger partial charge on any atom is -0.458 e. The number of cyclic esters (lactones) is 1. The molecule has 1 saturated carbocycles. The third-order valence-corrected chi connectivity index (χ3v) is 7.26. The van der Waals surface area contributed by atoms with Crippen LogP contribution in [0.15, 0.2) is 23.3 Å². The standard InChI is InChI=1S/C20H30O4/c1-14-6-9-20(13-22)16(11-21)4-3-5-17(20)19(14,2)8-7-15-10-18(23)24-12-15/h4,10,14,17,21-22H,3,5-9,11-13H2,1-2H3/t14-,17-,19+,20-/m1/s1. The number of rotatable bonds is 5. The minimum absolute atomic E-state index is 0.0506. The van der Waals surface area contributed by atoms with E-state index in [0.29, 0.717) is 18.4 Å². The summed E-state index contributed by atoms with van der Waals surface area (Å²) < 4.78 is 5.03. The molecule has 2 aliphatic carbocycles. The van der Waals surface area contributed by atoms with E-state index in [9.17, 15) is 15.0 Å². The highest BCUT2D eigenvalue weighted by atomic mass is 16.5. The van der Waals surface area contributed by atoms with Crippen LogP contribution in [0.25, 0.3) is 0 Å². The lowest BCUT2D eigenvalue weighted by molar-refractivity contribution is -0.134. The van der Waals surface area contributed by atoms with E-state index in [1.54, 1.807) is 6.08 Å². The van der Waals surface area contributed by atoms with Crippen LogP contribution in [0.4, 0.5) is 0 Å². The van der Waals surface area contributed by atoms with Gasteiger partial charge in [-0.2, -0.15) is 0 Å². The molecule has 3 rings (SSSR count). The number of aliphatic hydroxyl groups excluding tert-OH is 2. The number of carbonyl (C=O) groups excluding carboxylic acids is 1. The van der Waals surface area contributed by atoms with Gasteiger partial charge in [-0.15, -0.1) is 0 Å². The molecule has 24 heavy (non-hydrogen) atoms. The summed E-state index contributed by atoms with van der Waals surface area (Å²) >= 11 is 0. The average Bonchev–Trinajstić information content (AvgIpc) is 3.01. The van der Waals surface area contributed by atoms with E-state index in [-0.39, 0.29) is 30.0 Å². The van der Waals surface area contributed by atoms with Crippen molar-refractivity contribution >= 4 is 5.97 Å². The second-order valence-electron chi connectivity index (χ2n) is 8.19. The number of hydrogen-bond acceptors (Lipinski definition) is 4. The molecule has 1 aliphatic heterocycles. The van der Waals surface area contributed by atoms with E-state index in [1.165, 1.54) is 0 Å². The summed E-state index contributed by atoms with van der Waals surface area (Å²) in [5.41, 5.74) is 1.97. The second kappa shape index (κ2) is 6.64. The number of ether oxygens (including phenoxy) is 1. The molecule has 2 N–H and O–H groups in total. The van der Waals surface area contributed by atoms with Gasteiger partial charge in [0.15, 0.2) is 0 Å². The predicted octanol–water partition coefficient (Wildman–Crippen LogP) is 2.99. The van der Waals surface area contributed by atoms with Gasteiger partial charge in [0.1, 0.15) is 6.61 Å². The van der Waals surface area contributed by atoms with Crippen molar-refractivity contribution in [3.63, 3.8) is 0 Å². The Balaban J connectivity index is 1.86. The molecule has 0 bridgehead atoms. The smallest absolute Gasteiger partial charge is 0.331 e. The van der Waals surface area contributed by atoms with Gasteiger partial charge in [-0.3, -0.25) is 0 Å². The Labute approximate surface area is 144 Å². The summed E-state index contributed by atoms with van der Waals surface area (Å²) in [5, 5.41) is 20.1. The van der Waals surface area contributed by atoms with Crippen molar-refractivity contribution in [2.24, 2.45) is 22.7 Å². The molecule has 0 aromatic heterocycles. The first-order valence-electron chi connectivity index (χ1n) is 9.23. The summed E-state index contributed by atoms with van der Waals surface area (Å²) in [7, 11) is 0. The van der Waals surface area contributed by atoms with Crippen LogP contribution >= 0.6 is 0 Å². The van der Waals surface area contributed by atoms with Crippen molar-refractivity contribution in [2.75, 3.05) is 19.8 Å². The molecule has 4 nitrogen and oxygen atoms in total. The monoisotopic (exact) mass is 334 g/mol. The van der Waals surface area contributed by atoms with Gasteiger partial charge in [-0.05, 0) is 66.9 Å². The highest BCUT2D eigenvalue weighted by Gasteiger charge is 2.55.